The second-order valence-corrected chi connectivity index (χ2v) is 3.71. The number of hydrogen-bond donors (Lipinski definition) is 1. The van der Waals surface area contributed by atoms with Crippen molar-refractivity contribution in [1.29, 1.82) is 0 Å². The average Bonchev–Trinajstić information content (AvgIpc) is 2.65. The largest absolute Gasteiger partial charge is 0.454 e. The topological polar surface area (TPSA) is 38.3 Å². The molecule has 1 heterocycles. The molecule has 1 saturated heterocycles. The lowest BCUT2D eigenvalue weighted by molar-refractivity contribution is -0.165. The van der Waals surface area contributed by atoms with Crippen LogP contribution < -0.4 is 5.32 Å². The van der Waals surface area contributed by atoms with Gasteiger partial charge in [-0.3, -0.25) is 4.79 Å². The van der Waals surface area contributed by atoms with Crippen LogP contribution in [0.1, 0.15) is 19.8 Å². The third kappa shape index (κ3) is 4.22. The van der Waals surface area contributed by atoms with Crippen LogP contribution in [0.25, 0.3) is 0 Å². The monoisotopic (exact) mass is 237 g/mol. The van der Waals surface area contributed by atoms with E-state index in [9.17, 15) is 18.0 Å². The van der Waals surface area contributed by atoms with E-state index in [1.807, 2.05) is 0 Å². The van der Waals surface area contributed by atoms with Crippen molar-refractivity contribution in [2.24, 2.45) is 0 Å². The van der Waals surface area contributed by atoms with Crippen LogP contribution in [0.4, 0.5) is 13.2 Å². The van der Waals surface area contributed by atoms with Crippen molar-refractivity contribution in [1.82, 2.24) is 5.32 Å². The fourth-order valence-electron chi connectivity index (χ4n) is 1.41. The van der Waals surface area contributed by atoms with E-state index in [-0.39, 0.29) is 11.8 Å². The first-order valence-electron chi connectivity index (χ1n) is 5.04. The van der Waals surface area contributed by atoms with E-state index < -0.39 is 12.0 Å². The van der Waals surface area contributed by atoms with Gasteiger partial charge in [-0.1, -0.05) is 0 Å². The van der Waals surface area contributed by atoms with Crippen LogP contribution in [0, 0.1) is 0 Å². The number of alkyl halides is 3. The molecule has 0 radical (unpaired) electrons. The lowest BCUT2D eigenvalue weighted by atomic mass is 10.2. The fraction of sp³-hybridized carbons (Fsp3) is 0.700. The summed E-state index contributed by atoms with van der Waals surface area (Å²) >= 11 is 0. The number of nitrogens with one attached hydrogen (secondary N) is 1. The molecule has 0 aliphatic carbocycles. The number of rotatable bonds is 4. The molecule has 1 aliphatic rings. The molecule has 1 atom stereocenters. The summed E-state index contributed by atoms with van der Waals surface area (Å²) in [6.07, 6.45) is -2.34. The molecule has 1 fully saturated rings. The number of hydrogen-bond acceptors (Lipinski definition) is 3. The van der Waals surface area contributed by atoms with E-state index in [0.717, 1.165) is 12.8 Å². The number of carbonyl (C=O) groups is 1. The Morgan fingerprint density at radius 1 is 1.56 bits per heavy atom. The number of ketones is 1. The number of halogens is 3. The molecule has 16 heavy (non-hydrogen) atoms. The summed E-state index contributed by atoms with van der Waals surface area (Å²) in [5.41, 5.74) is 0.206. The molecule has 6 heteroatoms. The van der Waals surface area contributed by atoms with Gasteiger partial charge in [-0.05, 0) is 19.8 Å². The van der Waals surface area contributed by atoms with Crippen LogP contribution in [0.15, 0.2) is 11.8 Å². The molecule has 0 unspecified atom stereocenters. The predicted octanol–water partition coefficient (Wildman–Crippen LogP) is 1.79. The van der Waals surface area contributed by atoms with Crippen LogP contribution in [0.2, 0.25) is 0 Å². The van der Waals surface area contributed by atoms with Gasteiger partial charge in [-0.2, -0.15) is 13.2 Å². The third-order valence-electron chi connectivity index (χ3n) is 2.26. The molecule has 0 aromatic heterocycles. The molecule has 1 aliphatic heterocycles. The minimum absolute atomic E-state index is 0.0318. The zero-order chi connectivity index (χ0) is 12.2. The maximum atomic E-state index is 11.9. The molecule has 92 valence electrons. The maximum absolute atomic E-state index is 11.9. The highest BCUT2D eigenvalue weighted by Crippen LogP contribution is 2.17. The molecule has 0 aromatic rings. The Balaban J connectivity index is 2.36. The summed E-state index contributed by atoms with van der Waals surface area (Å²) in [4.78, 5) is 10.6. The van der Waals surface area contributed by atoms with Gasteiger partial charge in [0.2, 0.25) is 0 Å². The van der Waals surface area contributed by atoms with Crippen LogP contribution in [-0.4, -0.2) is 31.2 Å². The van der Waals surface area contributed by atoms with Gasteiger partial charge in [0, 0.05) is 24.9 Å². The zero-order valence-electron chi connectivity index (χ0n) is 8.93. The molecule has 0 amide bonds. The number of ether oxygens (including phenoxy) is 1. The molecule has 0 aromatic carbocycles. The maximum Gasteiger partial charge on any atom is 0.454 e. The van der Waals surface area contributed by atoms with E-state index >= 15 is 0 Å². The van der Waals surface area contributed by atoms with E-state index in [4.69, 9.17) is 4.74 Å². The zero-order valence-corrected chi connectivity index (χ0v) is 8.93. The van der Waals surface area contributed by atoms with E-state index in [1.165, 1.54) is 6.92 Å². The summed E-state index contributed by atoms with van der Waals surface area (Å²) < 4.78 is 41.0. The van der Waals surface area contributed by atoms with Gasteiger partial charge in [0.1, 0.15) is 0 Å². The standard InChI is InChI=1S/C10H14F3NO2/c1-7(5-9(15)10(11,12)13)14-6-8-3-2-4-16-8/h5,8,14H,2-4,6H2,1H3/b7-5+/t8-/m0/s1. The van der Waals surface area contributed by atoms with E-state index in [1.54, 1.807) is 0 Å². The normalized spacial score (nSPS) is 22.2. The van der Waals surface area contributed by atoms with Gasteiger partial charge in [0.25, 0.3) is 5.78 Å². The Hall–Kier alpha value is -1.04. The molecule has 3 nitrogen and oxygen atoms in total. The van der Waals surface area contributed by atoms with E-state index in [0.29, 0.717) is 19.2 Å². The summed E-state index contributed by atoms with van der Waals surface area (Å²) in [6.45, 7) is 2.56. The Morgan fingerprint density at radius 2 is 2.25 bits per heavy atom. The number of carbonyl (C=O) groups excluding carboxylic acids is 1. The van der Waals surface area contributed by atoms with Gasteiger partial charge in [-0.15, -0.1) is 0 Å². The van der Waals surface area contributed by atoms with E-state index in [2.05, 4.69) is 5.32 Å². The summed E-state index contributed by atoms with van der Waals surface area (Å²) in [6, 6.07) is 0. The van der Waals surface area contributed by atoms with Crippen molar-refractivity contribution in [3.63, 3.8) is 0 Å². The molecular weight excluding hydrogens is 223 g/mol. The lowest BCUT2D eigenvalue weighted by Gasteiger charge is -2.12. The summed E-state index contributed by atoms with van der Waals surface area (Å²) in [5, 5.41) is 2.74. The van der Waals surface area contributed by atoms with Crippen molar-refractivity contribution in [3.05, 3.63) is 11.8 Å². The minimum atomic E-state index is -4.80. The fourth-order valence-corrected chi connectivity index (χ4v) is 1.41. The van der Waals surface area contributed by atoms with Gasteiger partial charge in [-0.25, -0.2) is 0 Å². The second kappa shape index (κ2) is 5.34. The Bertz CT molecular complexity index is 280. The van der Waals surface area contributed by atoms with Gasteiger partial charge in [0.15, 0.2) is 0 Å². The van der Waals surface area contributed by atoms with Crippen LogP contribution >= 0.6 is 0 Å². The van der Waals surface area contributed by atoms with Crippen LogP contribution in [-0.2, 0) is 9.53 Å². The highest BCUT2D eigenvalue weighted by Gasteiger charge is 2.36. The minimum Gasteiger partial charge on any atom is -0.386 e. The molecule has 0 spiro atoms. The van der Waals surface area contributed by atoms with Gasteiger partial charge in [0.05, 0.1) is 6.10 Å². The highest BCUT2D eigenvalue weighted by atomic mass is 19.4. The van der Waals surface area contributed by atoms with Gasteiger partial charge < -0.3 is 10.1 Å². The lowest BCUT2D eigenvalue weighted by Crippen LogP contribution is -2.27. The predicted molar refractivity (Wildman–Crippen MR) is 51.8 cm³/mol. The SMILES string of the molecule is C/C(=C\C(=O)C(F)(F)F)NC[C@@H]1CCCO1. The number of allylic oxidation sites excluding steroid dienone is 2. The molecule has 0 saturated carbocycles. The van der Waals surface area contributed by atoms with Crippen molar-refractivity contribution in [2.45, 2.75) is 32.0 Å². The molecule has 1 rings (SSSR count). The Morgan fingerprint density at radius 3 is 2.75 bits per heavy atom. The van der Waals surface area contributed by atoms with Gasteiger partial charge >= 0.3 is 6.18 Å². The van der Waals surface area contributed by atoms with Crippen LogP contribution in [0.5, 0.6) is 0 Å². The Labute approximate surface area is 91.6 Å². The third-order valence-corrected chi connectivity index (χ3v) is 2.26. The van der Waals surface area contributed by atoms with Crippen molar-refractivity contribution < 1.29 is 22.7 Å². The second-order valence-electron chi connectivity index (χ2n) is 3.71. The Kier molecular flexibility index (Phi) is 4.35. The van der Waals surface area contributed by atoms with Crippen molar-refractivity contribution >= 4 is 5.78 Å². The van der Waals surface area contributed by atoms with Crippen molar-refractivity contribution in [2.75, 3.05) is 13.2 Å². The molecule has 0 bridgehead atoms. The molecule has 1 N–H and O–H groups in total. The summed E-state index contributed by atoms with van der Waals surface area (Å²) in [7, 11) is 0. The van der Waals surface area contributed by atoms with Crippen molar-refractivity contribution in [3.8, 4) is 0 Å². The first-order chi connectivity index (χ1) is 7.39. The summed E-state index contributed by atoms with van der Waals surface area (Å²) in [5.74, 6) is -1.84. The van der Waals surface area contributed by atoms with Crippen LogP contribution in [0.3, 0.4) is 0 Å². The quantitative estimate of drug-likeness (QED) is 0.757. The first kappa shape index (κ1) is 13.0. The first-order valence-corrected chi connectivity index (χ1v) is 5.04. The average molecular weight is 237 g/mol. The molecular formula is C10H14F3NO2. The smallest absolute Gasteiger partial charge is 0.386 e. The highest BCUT2D eigenvalue weighted by molar-refractivity contribution is 5.94.